The number of carbonyl (C=O) groups is 2. The Bertz CT molecular complexity index is 1330. The minimum Gasteiger partial charge on any atom is -0.497 e. The van der Waals surface area contributed by atoms with E-state index >= 15 is 0 Å². The Morgan fingerprint density at radius 3 is 2.25 bits per heavy atom. The van der Waals surface area contributed by atoms with E-state index in [1.807, 2.05) is 42.5 Å². The second-order valence-electron chi connectivity index (χ2n) is 8.11. The molecule has 1 amide bonds. The molecule has 7 heteroatoms. The van der Waals surface area contributed by atoms with Gasteiger partial charge in [0.05, 0.1) is 7.11 Å². The zero-order valence-electron chi connectivity index (χ0n) is 19.8. The van der Waals surface area contributed by atoms with Gasteiger partial charge in [-0.1, -0.05) is 40.2 Å². The van der Waals surface area contributed by atoms with E-state index in [4.69, 9.17) is 9.47 Å². The molecule has 3 aromatic carbocycles. The van der Waals surface area contributed by atoms with Crippen LogP contribution in [0.15, 0.2) is 102 Å². The Kier molecular flexibility index (Phi) is 8.47. The van der Waals surface area contributed by atoms with E-state index in [1.54, 1.807) is 66.9 Å². The Balaban J connectivity index is 1.49. The second-order valence-corrected chi connectivity index (χ2v) is 9.03. The molecule has 4 aromatic rings. The van der Waals surface area contributed by atoms with Crippen LogP contribution in [0.4, 0.5) is 0 Å². The molecule has 0 aliphatic rings. The monoisotopic (exact) mass is 544 g/mol. The summed E-state index contributed by atoms with van der Waals surface area (Å²) in [6, 6.07) is 25.5. The number of pyridine rings is 1. The molecule has 0 radical (unpaired) electrons. The lowest BCUT2D eigenvalue weighted by atomic mass is 10.1. The minimum atomic E-state index is -0.115. The predicted octanol–water partition coefficient (Wildman–Crippen LogP) is 5.96. The maximum atomic E-state index is 13.4. The fraction of sp³-hybridized carbons (Fsp3) is 0.138. The molecular formula is C29H25BrN2O4. The summed E-state index contributed by atoms with van der Waals surface area (Å²) >= 11 is 3.38. The number of halogens is 1. The van der Waals surface area contributed by atoms with Crippen molar-refractivity contribution in [3.8, 4) is 11.5 Å². The van der Waals surface area contributed by atoms with Crippen LogP contribution in [-0.2, 0) is 13.1 Å². The highest BCUT2D eigenvalue weighted by atomic mass is 79.9. The normalized spacial score (nSPS) is 10.5. The Labute approximate surface area is 218 Å². The number of Topliss-reactive ketones (excluding diaryl/α,β-unsaturated/α-hetero) is 1. The van der Waals surface area contributed by atoms with Gasteiger partial charge in [-0.05, 0) is 71.8 Å². The number of ketones is 1. The maximum absolute atomic E-state index is 13.4. The Hall–Kier alpha value is -3.97. The topological polar surface area (TPSA) is 68.7 Å². The highest BCUT2D eigenvalue weighted by Crippen LogP contribution is 2.20. The minimum absolute atomic E-state index is 0.0780. The third-order valence-corrected chi connectivity index (χ3v) is 6.03. The first-order chi connectivity index (χ1) is 17.5. The molecule has 0 unspecified atom stereocenters. The van der Waals surface area contributed by atoms with Gasteiger partial charge in [0, 0.05) is 41.1 Å². The fourth-order valence-electron chi connectivity index (χ4n) is 3.67. The van der Waals surface area contributed by atoms with E-state index in [0.29, 0.717) is 35.7 Å². The summed E-state index contributed by atoms with van der Waals surface area (Å²) in [5.41, 5.74) is 3.00. The molecule has 0 aliphatic heterocycles. The molecule has 6 nitrogen and oxygen atoms in total. The van der Waals surface area contributed by atoms with E-state index in [-0.39, 0.29) is 18.3 Å². The molecule has 0 N–H and O–H groups in total. The molecule has 1 aromatic heterocycles. The zero-order chi connectivity index (χ0) is 25.3. The van der Waals surface area contributed by atoms with E-state index < -0.39 is 0 Å². The van der Waals surface area contributed by atoms with Crippen LogP contribution in [0.25, 0.3) is 0 Å². The summed E-state index contributed by atoms with van der Waals surface area (Å²) in [5, 5.41) is 0. The number of carbonyl (C=O) groups excluding carboxylic acids is 2. The fourth-order valence-corrected chi connectivity index (χ4v) is 4.07. The van der Waals surface area contributed by atoms with Crippen molar-refractivity contribution in [2.24, 2.45) is 0 Å². The van der Waals surface area contributed by atoms with Crippen LogP contribution >= 0.6 is 15.9 Å². The first-order valence-electron chi connectivity index (χ1n) is 11.3. The van der Waals surface area contributed by atoms with Crippen molar-refractivity contribution in [1.82, 2.24) is 9.88 Å². The van der Waals surface area contributed by atoms with Crippen LogP contribution in [0, 0.1) is 0 Å². The first-order valence-corrected chi connectivity index (χ1v) is 12.1. The van der Waals surface area contributed by atoms with Gasteiger partial charge in [-0.25, -0.2) is 0 Å². The first kappa shape index (κ1) is 25.1. The van der Waals surface area contributed by atoms with Crippen molar-refractivity contribution >= 4 is 27.6 Å². The van der Waals surface area contributed by atoms with Gasteiger partial charge in [0.25, 0.3) is 5.91 Å². The molecule has 0 atom stereocenters. The van der Waals surface area contributed by atoms with Crippen molar-refractivity contribution < 1.29 is 19.1 Å². The van der Waals surface area contributed by atoms with Crippen LogP contribution in [0.3, 0.4) is 0 Å². The van der Waals surface area contributed by atoms with E-state index in [2.05, 4.69) is 20.9 Å². The predicted molar refractivity (Wildman–Crippen MR) is 141 cm³/mol. The van der Waals surface area contributed by atoms with Gasteiger partial charge in [-0.3, -0.25) is 14.6 Å². The molecule has 4 rings (SSSR count). The number of rotatable bonds is 10. The van der Waals surface area contributed by atoms with Gasteiger partial charge in [0.15, 0.2) is 12.4 Å². The highest BCUT2D eigenvalue weighted by molar-refractivity contribution is 9.10. The lowest BCUT2D eigenvalue weighted by molar-refractivity contribution is 0.0729. The molecule has 182 valence electrons. The number of nitrogens with zero attached hydrogens (tertiary/aromatic N) is 2. The molecule has 36 heavy (non-hydrogen) atoms. The number of hydrogen-bond donors (Lipinski definition) is 0. The van der Waals surface area contributed by atoms with Crippen LogP contribution in [-0.4, -0.2) is 35.3 Å². The maximum Gasteiger partial charge on any atom is 0.254 e. The summed E-state index contributed by atoms with van der Waals surface area (Å²) in [5.74, 6) is 1.03. The third-order valence-electron chi connectivity index (χ3n) is 5.54. The SMILES string of the molecule is COc1ccc(C(=O)N(Cc2ccncc2)Cc2cccc(OCC(=O)c3cccc(Br)c3)c2)cc1. The zero-order valence-corrected chi connectivity index (χ0v) is 21.4. The Morgan fingerprint density at radius 2 is 1.53 bits per heavy atom. The summed E-state index contributed by atoms with van der Waals surface area (Å²) in [7, 11) is 1.59. The molecule has 1 heterocycles. The summed E-state index contributed by atoms with van der Waals surface area (Å²) in [6.45, 7) is 0.704. The molecular weight excluding hydrogens is 520 g/mol. The summed E-state index contributed by atoms with van der Waals surface area (Å²) in [6.07, 6.45) is 3.42. The van der Waals surface area contributed by atoms with Crippen LogP contribution < -0.4 is 9.47 Å². The smallest absolute Gasteiger partial charge is 0.254 e. The average Bonchev–Trinajstić information content (AvgIpc) is 2.92. The molecule has 0 saturated heterocycles. The second kappa shape index (κ2) is 12.1. The lowest BCUT2D eigenvalue weighted by Gasteiger charge is -2.23. The van der Waals surface area contributed by atoms with Gasteiger partial charge >= 0.3 is 0 Å². The molecule has 0 saturated carbocycles. The number of methoxy groups -OCH3 is 1. The van der Waals surface area contributed by atoms with E-state index in [0.717, 1.165) is 15.6 Å². The van der Waals surface area contributed by atoms with E-state index in [9.17, 15) is 9.59 Å². The number of ether oxygens (including phenoxy) is 2. The summed E-state index contributed by atoms with van der Waals surface area (Å²) in [4.78, 5) is 31.8. The highest BCUT2D eigenvalue weighted by Gasteiger charge is 2.18. The average molecular weight is 545 g/mol. The molecule has 0 bridgehead atoms. The Morgan fingerprint density at radius 1 is 0.806 bits per heavy atom. The van der Waals surface area contributed by atoms with Crippen LogP contribution in [0.2, 0.25) is 0 Å². The lowest BCUT2D eigenvalue weighted by Crippen LogP contribution is -2.30. The molecule has 0 aliphatic carbocycles. The number of amides is 1. The van der Waals surface area contributed by atoms with Crippen molar-refractivity contribution in [3.63, 3.8) is 0 Å². The molecule has 0 spiro atoms. The largest absolute Gasteiger partial charge is 0.497 e. The summed E-state index contributed by atoms with van der Waals surface area (Å²) < 4.78 is 11.8. The van der Waals surface area contributed by atoms with Gasteiger partial charge in [-0.2, -0.15) is 0 Å². The number of aromatic nitrogens is 1. The third kappa shape index (κ3) is 6.79. The standard InChI is InChI=1S/C29H25BrN2O4/c1-35-26-10-8-23(9-11-26)29(34)32(18-21-12-14-31-15-13-21)19-22-4-2-7-27(16-22)36-20-28(33)24-5-3-6-25(30)17-24/h2-17H,18-20H2,1H3. The number of hydrogen-bond acceptors (Lipinski definition) is 5. The van der Waals surface area contributed by atoms with Crippen molar-refractivity contribution in [2.45, 2.75) is 13.1 Å². The van der Waals surface area contributed by atoms with Crippen molar-refractivity contribution in [3.05, 3.63) is 124 Å². The van der Waals surface area contributed by atoms with Crippen LogP contribution in [0.1, 0.15) is 31.8 Å². The van der Waals surface area contributed by atoms with Gasteiger partial charge in [0.1, 0.15) is 11.5 Å². The van der Waals surface area contributed by atoms with Crippen molar-refractivity contribution in [1.29, 1.82) is 0 Å². The van der Waals surface area contributed by atoms with Gasteiger partial charge < -0.3 is 14.4 Å². The number of benzene rings is 3. The van der Waals surface area contributed by atoms with Crippen molar-refractivity contribution in [2.75, 3.05) is 13.7 Å². The quantitative estimate of drug-likeness (QED) is 0.230. The van der Waals surface area contributed by atoms with Gasteiger partial charge in [-0.15, -0.1) is 0 Å². The van der Waals surface area contributed by atoms with Gasteiger partial charge in [0.2, 0.25) is 0 Å². The van der Waals surface area contributed by atoms with E-state index in [1.165, 1.54) is 0 Å². The molecule has 0 fully saturated rings. The van der Waals surface area contributed by atoms with Crippen LogP contribution in [0.5, 0.6) is 11.5 Å².